The van der Waals surface area contributed by atoms with Gasteiger partial charge in [0.1, 0.15) is 0 Å². The summed E-state index contributed by atoms with van der Waals surface area (Å²) in [7, 11) is 0. The number of hydrogen-bond donors (Lipinski definition) is 2. The maximum absolute atomic E-state index is 11.3. The van der Waals surface area contributed by atoms with Crippen molar-refractivity contribution in [2.75, 3.05) is 5.32 Å². The predicted octanol–water partition coefficient (Wildman–Crippen LogP) is 4.53. The Kier molecular flexibility index (Phi) is 3.36. The van der Waals surface area contributed by atoms with E-state index < -0.39 is 5.97 Å². The third-order valence-electron chi connectivity index (χ3n) is 4.48. The van der Waals surface area contributed by atoms with Crippen LogP contribution >= 0.6 is 0 Å². The summed E-state index contributed by atoms with van der Waals surface area (Å²) < 4.78 is 0. The summed E-state index contributed by atoms with van der Waals surface area (Å²) in [6.07, 6.45) is 3.56. The third-order valence-corrected chi connectivity index (χ3v) is 4.48. The van der Waals surface area contributed by atoms with Crippen LogP contribution in [0.15, 0.2) is 36.4 Å². The molecule has 1 fully saturated rings. The summed E-state index contributed by atoms with van der Waals surface area (Å²) in [5.41, 5.74) is 1.80. The highest BCUT2D eigenvalue weighted by atomic mass is 16.4. The highest BCUT2D eigenvalue weighted by Crippen LogP contribution is 2.39. The predicted molar refractivity (Wildman–Crippen MR) is 86.0 cm³/mol. The fourth-order valence-corrected chi connectivity index (χ4v) is 3.39. The van der Waals surface area contributed by atoms with Crippen LogP contribution in [0.5, 0.6) is 0 Å². The van der Waals surface area contributed by atoms with Crippen LogP contribution in [0.25, 0.3) is 10.8 Å². The Morgan fingerprint density at radius 1 is 1.19 bits per heavy atom. The molecule has 1 unspecified atom stereocenters. The second kappa shape index (κ2) is 5.06. The summed E-state index contributed by atoms with van der Waals surface area (Å²) in [5, 5.41) is 14.7. The normalized spacial score (nSPS) is 20.6. The van der Waals surface area contributed by atoms with Crippen molar-refractivity contribution >= 4 is 22.4 Å². The van der Waals surface area contributed by atoms with E-state index >= 15 is 0 Å². The maximum atomic E-state index is 11.3. The number of anilines is 1. The molecule has 2 aromatic rings. The highest BCUT2D eigenvalue weighted by molar-refractivity contribution is 6.07. The number of benzene rings is 2. The molecule has 0 spiro atoms. The molecule has 1 saturated carbocycles. The Labute approximate surface area is 125 Å². The zero-order chi connectivity index (χ0) is 15.0. The SMILES string of the molecule is CC1(C)CCC(Nc2ccc(C(=O)O)c3ccccc23)C1. The van der Waals surface area contributed by atoms with Gasteiger partial charge < -0.3 is 10.4 Å². The monoisotopic (exact) mass is 283 g/mol. The summed E-state index contributed by atoms with van der Waals surface area (Å²) in [5.74, 6) is -0.875. The minimum absolute atomic E-state index is 0.364. The molecule has 1 atom stereocenters. The fraction of sp³-hybridized carbons (Fsp3) is 0.389. The number of aromatic carboxylic acids is 1. The van der Waals surface area contributed by atoms with Crippen molar-refractivity contribution in [2.45, 2.75) is 39.2 Å². The Bertz CT molecular complexity index is 691. The topological polar surface area (TPSA) is 49.3 Å². The molecule has 0 heterocycles. The van der Waals surface area contributed by atoms with E-state index in [9.17, 15) is 9.90 Å². The second-order valence-electron chi connectivity index (χ2n) is 6.76. The Hall–Kier alpha value is -2.03. The number of rotatable bonds is 3. The molecule has 0 saturated heterocycles. The van der Waals surface area contributed by atoms with E-state index in [0.717, 1.165) is 22.9 Å². The third kappa shape index (κ3) is 2.73. The first-order valence-corrected chi connectivity index (χ1v) is 7.48. The number of carbonyl (C=O) groups is 1. The van der Waals surface area contributed by atoms with Crippen molar-refractivity contribution in [3.8, 4) is 0 Å². The maximum Gasteiger partial charge on any atom is 0.336 e. The first-order chi connectivity index (χ1) is 9.96. The molecule has 1 aliphatic rings. The average Bonchev–Trinajstić information content (AvgIpc) is 2.78. The van der Waals surface area contributed by atoms with E-state index in [1.165, 1.54) is 12.8 Å². The van der Waals surface area contributed by atoms with Gasteiger partial charge in [0.25, 0.3) is 0 Å². The summed E-state index contributed by atoms with van der Waals surface area (Å²) in [6, 6.07) is 11.8. The molecule has 2 N–H and O–H groups in total. The molecule has 21 heavy (non-hydrogen) atoms. The highest BCUT2D eigenvalue weighted by Gasteiger charge is 2.31. The van der Waals surface area contributed by atoms with Gasteiger partial charge in [-0.2, -0.15) is 0 Å². The van der Waals surface area contributed by atoms with E-state index in [0.29, 0.717) is 17.0 Å². The van der Waals surface area contributed by atoms with E-state index in [1.54, 1.807) is 6.07 Å². The van der Waals surface area contributed by atoms with Crippen LogP contribution < -0.4 is 5.32 Å². The van der Waals surface area contributed by atoms with E-state index in [1.807, 2.05) is 30.3 Å². The molecule has 2 aromatic carbocycles. The molecule has 3 rings (SSSR count). The van der Waals surface area contributed by atoms with Gasteiger partial charge in [0, 0.05) is 17.1 Å². The van der Waals surface area contributed by atoms with Crippen LogP contribution in [0.3, 0.4) is 0 Å². The quantitative estimate of drug-likeness (QED) is 0.870. The zero-order valence-electron chi connectivity index (χ0n) is 12.5. The molecule has 0 bridgehead atoms. The lowest BCUT2D eigenvalue weighted by Crippen LogP contribution is -2.17. The molecule has 0 aromatic heterocycles. The lowest BCUT2D eigenvalue weighted by Gasteiger charge is -2.20. The van der Waals surface area contributed by atoms with Crippen LogP contribution in [-0.4, -0.2) is 17.1 Å². The lowest BCUT2D eigenvalue weighted by molar-refractivity contribution is 0.0699. The molecule has 0 radical (unpaired) electrons. The number of fused-ring (bicyclic) bond motifs is 1. The van der Waals surface area contributed by atoms with Gasteiger partial charge in [-0.1, -0.05) is 38.1 Å². The Morgan fingerprint density at radius 2 is 1.90 bits per heavy atom. The van der Waals surface area contributed by atoms with Crippen molar-refractivity contribution in [3.63, 3.8) is 0 Å². The molecule has 1 aliphatic carbocycles. The first kappa shape index (κ1) is 13.9. The molecule has 110 valence electrons. The molecule has 3 nitrogen and oxygen atoms in total. The molecular weight excluding hydrogens is 262 g/mol. The first-order valence-electron chi connectivity index (χ1n) is 7.48. The number of carboxylic acids is 1. The standard InChI is InChI=1S/C18H21NO2/c1-18(2)10-9-12(11-18)19-16-8-7-15(17(20)21)13-5-3-4-6-14(13)16/h3-8,12,19H,9-11H2,1-2H3,(H,20,21). The van der Waals surface area contributed by atoms with E-state index in [2.05, 4.69) is 19.2 Å². The number of nitrogens with one attached hydrogen (secondary N) is 1. The summed E-state index contributed by atoms with van der Waals surface area (Å²) in [6.45, 7) is 4.61. The Balaban J connectivity index is 1.97. The van der Waals surface area contributed by atoms with E-state index in [-0.39, 0.29) is 0 Å². The molecule has 3 heteroatoms. The van der Waals surface area contributed by atoms with Gasteiger partial charge in [-0.15, -0.1) is 0 Å². The van der Waals surface area contributed by atoms with Gasteiger partial charge >= 0.3 is 5.97 Å². The minimum atomic E-state index is -0.875. The lowest BCUT2D eigenvalue weighted by atomic mass is 9.92. The van der Waals surface area contributed by atoms with Gasteiger partial charge in [0.15, 0.2) is 0 Å². The largest absolute Gasteiger partial charge is 0.478 e. The summed E-state index contributed by atoms with van der Waals surface area (Å²) >= 11 is 0. The van der Waals surface area contributed by atoms with Crippen molar-refractivity contribution in [2.24, 2.45) is 5.41 Å². The van der Waals surface area contributed by atoms with Crippen molar-refractivity contribution in [1.82, 2.24) is 0 Å². The molecule has 0 aliphatic heterocycles. The van der Waals surface area contributed by atoms with Gasteiger partial charge in [-0.05, 0) is 42.2 Å². The number of hydrogen-bond acceptors (Lipinski definition) is 2. The van der Waals surface area contributed by atoms with Crippen molar-refractivity contribution < 1.29 is 9.90 Å². The van der Waals surface area contributed by atoms with Crippen LogP contribution in [0, 0.1) is 5.41 Å². The zero-order valence-corrected chi connectivity index (χ0v) is 12.5. The van der Waals surface area contributed by atoms with Crippen LogP contribution in [0.1, 0.15) is 43.5 Å². The second-order valence-corrected chi connectivity index (χ2v) is 6.76. The van der Waals surface area contributed by atoms with Gasteiger partial charge in [-0.3, -0.25) is 0 Å². The minimum Gasteiger partial charge on any atom is -0.478 e. The fourth-order valence-electron chi connectivity index (χ4n) is 3.39. The molecule has 0 amide bonds. The number of carboxylic acid groups (broad SMARTS) is 1. The summed E-state index contributed by atoms with van der Waals surface area (Å²) in [4.78, 5) is 11.3. The van der Waals surface area contributed by atoms with Crippen LogP contribution in [-0.2, 0) is 0 Å². The smallest absolute Gasteiger partial charge is 0.336 e. The van der Waals surface area contributed by atoms with Gasteiger partial charge in [0.2, 0.25) is 0 Å². The van der Waals surface area contributed by atoms with Crippen LogP contribution in [0.2, 0.25) is 0 Å². The van der Waals surface area contributed by atoms with E-state index in [4.69, 9.17) is 0 Å². The Morgan fingerprint density at radius 3 is 2.52 bits per heavy atom. The van der Waals surface area contributed by atoms with Crippen molar-refractivity contribution in [3.05, 3.63) is 42.0 Å². The van der Waals surface area contributed by atoms with Crippen molar-refractivity contribution in [1.29, 1.82) is 0 Å². The van der Waals surface area contributed by atoms with Gasteiger partial charge in [0.05, 0.1) is 5.56 Å². The average molecular weight is 283 g/mol. The van der Waals surface area contributed by atoms with Crippen LogP contribution in [0.4, 0.5) is 5.69 Å². The van der Waals surface area contributed by atoms with Gasteiger partial charge in [-0.25, -0.2) is 4.79 Å². The molecular formula is C18H21NO2.